The summed E-state index contributed by atoms with van der Waals surface area (Å²) in [5.74, 6) is -0.269. The van der Waals surface area contributed by atoms with E-state index in [9.17, 15) is 4.39 Å². The molecule has 3 aromatic rings. The van der Waals surface area contributed by atoms with Crippen LogP contribution >= 0.6 is 11.6 Å². The van der Waals surface area contributed by atoms with E-state index in [4.69, 9.17) is 11.6 Å². The topological polar surface area (TPSA) is 27.8 Å². The molecule has 0 saturated carbocycles. The lowest BCUT2D eigenvalue weighted by atomic mass is 10.2. The SMILES string of the molecule is Fc1ccccc1NCc1[nH]c2ccccc2c1Cl. The Morgan fingerprint density at radius 1 is 1.05 bits per heavy atom. The summed E-state index contributed by atoms with van der Waals surface area (Å²) in [4.78, 5) is 3.24. The first kappa shape index (κ1) is 12.1. The van der Waals surface area contributed by atoms with Gasteiger partial charge in [-0.25, -0.2) is 4.39 Å². The highest BCUT2D eigenvalue weighted by molar-refractivity contribution is 6.36. The fourth-order valence-electron chi connectivity index (χ4n) is 2.07. The zero-order valence-electron chi connectivity index (χ0n) is 10.1. The van der Waals surface area contributed by atoms with Crippen molar-refractivity contribution in [2.45, 2.75) is 6.54 Å². The Balaban J connectivity index is 1.86. The molecule has 0 aliphatic carbocycles. The van der Waals surface area contributed by atoms with Gasteiger partial charge in [-0.15, -0.1) is 0 Å². The van der Waals surface area contributed by atoms with Crippen molar-refractivity contribution >= 4 is 28.2 Å². The third-order valence-electron chi connectivity index (χ3n) is 3.04. The number of nitrogens with one attached hydrogen (secondary N) is 2. The van der Waals surface area contributed by atoms with Gasteiger partial charge >= 0.3 is 0 Å². The normalized spacial score (nSPS) is 10.8. The van der Waals surface area contributed by atoms with E-state index in [1.54, 1.807) is 18.2 Å². The molecule has 2 N–H and O–H groups in total. The summed E-state index contributed by atoms with van der Waals surface area (Å²) in [6, 6.07) is 14.4. The highest BCUT2D eigenvalue weighted by Gasteiger charge is 2.09. The molecule has 19 heavy (non-hydrogen) atoms. The van der Waals surface area contributed by atoms with Crippen LogP contribution in [-0.2, 0) is 6.54 Å². The van der Waals surface area contributed by atoms with Crippen LogP contribution in [0.15, 0.2) is 48.5 Å². The van der Waals surface area contributed by atoms with Crippen LogP contribution in [0.5, 0.6) is 0 Å². The van der Waals surface area contributed by atoms with E-state index in [1.807, 2.05) is 24.3 Å². The average molecular weight is 275 g/mol. The van der Waals surface area contributed by atoms with Gasteiger partial charge in [0.05, 0.1) is 22.9 Å². The minimum Gasteiger partial charge on any atom is -0.377 e. The van der Waals surface area contributed by atoms with E-state index in [1.165, 1.54) is 6.07 Å². The molecule has 0 radical (unpaired) electrons. The van der Waals surface area contributed by atoms with Gasteiger partial charge in [0.15, 0.2) is 0 Å². The zero-order chi connectivity index (χ0) is 13.2. The van der Waals surface area contributed by atoms with Crippen molar-refractivity contribution in [2.24, 2.45) is 0 Å². The molecule has 96 valence electrons. The summed E-state index contributed by atoms with van der Waals surface area (Å²) in [6.07, 6.45) is 0. The second-order valence-corrected chi connectivity index (χ2v) is 4.67. The van der Waals surface area contributed by atoms with Gasteiger partial charge in [-0.1, -0.05) is 41.9 Å². The minimum atomic E-state index is -0.269. The quantitative estimate of drug-likeness (QED) is 0.719. The van der Waals surface area contributed by atoms with Crippen molar-refractivity contribution in [1.82, 2.24) is 4.98 Å². The number of rotatable bonds is 3. The maximum absolute atomic E-state index is 13.5. The van der Waals surface area contributed by atoms with Crippen molar-refractivity contribution in [1.29, 1.82) is 0 Å². The first-order chi connectivity index (χ1) is 9.25. The minimum absolute atomic E-state index is 0.269. The molecule has 0 aliphatic heterocycles. The average Bonchev–Trinajstić information content (AvgIpc) is 2.75. The molecular weight excluding hydrogens is 263 g/mol. The van der Waals surface area contributed by atoms with Crippen molar-refractivity contribution < 1.29 is 4.39 Å². The van der Waals surface area contributed by atoms with Gasteiger partial charge in [0.2, 0.25) is 0 Å². The fraction of sp³-hybridized carbons (Fsp3) is 0.0667. The highest BCUT2D eigenvalue weighted by atomic mass is 35.5. The van der Waals surface area contributed by atoms with Crippen LogP contribution in [0, 0.1) is 5.82 Å². The number of anilines is 1. The zero-order valence-corrected chi connectivity index (χ0v) is 10.8. The number of hydrogen-bond acceptors (Lipinski definition) is 1. The van der Waals surface area contributed by atoms with E-state index in [0.29, 0.717) is 17.3 Å². The van der Waals surface area contributed by atoms with Crippen molar-refractivity contribution in [3.8, 4) is 0 Å². The number of aromatic amines is 1. The lowest BCUT2D eigenvalue weighted by molar-refractivity contribution is 0.630. The third kappa shape index (κ3) is 2.29. The van der Waals surface area contributed by atoms with Crippen molar-refractivity contribution in [3.63, 3.8) is 0 Å². The number of benzene rings is 2. The van der Waals surface area contributed by atoms with E-state index >= 15 is 0 Å². The predicted octanol–water partition coefficient (Wildman–Crippen LogP) is 4.57. The predicted molar refractivity (Wildman–Crippen MR) is 77.0 cm³/mol. The number of hydrogen-bond donors (Lipinski definition) is 2. The van der Waals surface area contributed by atoms with Crippen LogP contribution < -0.4 is 5.32 Å². The van der Waals surface area contributed by atoms with Crippen LogP contribution in [-0.4, -0.2) is 4.98 Å². The molecule has 0 amide bonds. The molecule has 0 unspecified atom stereocenters. The molecule has 0 spiro atoms. The molecule has 1 aromatic heterocycles. The van der Waals surface area contributed by atoms with Gasteiger partial charge < -0.3 is 10.3 Å². The van der Waals surface area contributed by atoms with Crippen LogP contribution in [0.25, 0.3) is 10.9 Å². The molecule has 2 nitrogen and oxygen atoms in total. The number of aromatic nitrogens is 1. The maximum atomic E-state index is 13.5. The summed E-state index contributed by atoms with van der Waals surface area (Å²) >= 11 is 6.30. The van der Waals surface area contributed by atoms with Gasteiger partial charge in [-0.05, 0) is 18.2 Å². The Labute approximate surface area is 115 Å². The first-order valence-corrected chi connectivity index (χ1v) is 6.37. The van der Waals surface area contributed by atoms with Gasteiger partial charge in [-0.2, -0.15) is 0 Å². The van der Waals surface area contributed by atoms with Gasteiger partial charge in [-0.3, -0.25) is 0 Å². The fourth-order valence-corrected chi connectivity index (χ4v) is 2.35. The van der Waals surface area contributed by atoms with Crippen molar-refractivity contribution in [2.75, 3.05) is 5.32 Å². The van der Waals surface area contributed by atoms with Crippen LogP contribution in [0.4, 0.5) is 10.1 Å². The lowest BCUT2D eigenvalue weighted by Gasteiger charge is -2.06. The number of fused-ring (bicyclic) bond motifs is 1. The highest BCUT2D eigenvalue weighted by Crippen LogP contribution is 2.27. The summed E-state index contributed by atoms with van der Waals surface area (Å²) in [6.45, 7) is 0.453. The Morgan fingerprint density at radius 3 is 2.58 bits per heavy atom. The molecule has 2 aromatic carbocycles. The summed E-state index contributed by atoms with van der Waals surface area (Å²) in [5, 5.41) is 4.70. The molecule has 1 heterocycles. The molecule has 3 rings (SSSR count). The summed E-state index contributed by atoms with van der Waals surface area (Å²) in [5.41, 5.74) is 2.31. The van der Waals surface area contributed by atoms with E-state index in [-0.39, 0.29) is 5.82 Å². The molecule has 0 fully saturated rings. The molecule has 0 atom stereocenters. The Kier molecular flexibility index (Phi) is 3.13. The first-order valence-electron chi connectivity index (χ1n) is 5.99. The maximum Gasteiger partial charge on any atom is 0.146 e. The molecular formula is C15H12ClFN2. The van der Waals surface area contributed by atoms with Crippen LogP contribution in [0.1, 0.15) is 5.69 Å². The van der Waals surface area contributed by atoms with E-state index in [0.717, 1.165) is 16.6 Å². The summed E-state index contributed by atoms with van der Waals surface area (Å²) < 4.78 is 13.5. The van der Waals surface area contributed by atoms with Gasteiger partial charge in [0, 0.05) is 10.9 Å². The second kappa shape index (κ2) is 4.94. The molecule has 0 aliphatic rings. The number of H-pyrrole nitrogens is 1. The van der Waals surface area contributed by atoms with Gasteiger partial charge in [0.25, 0.3) is 0 Å². The van der Waals surface area contributed by atoms with Crippen LogP contribution in [0.2, 0.25) is 5.02 Å². The number of halogens is 2. The number of para-hydroxylation sites is 2. The molecule has 0 saturated heterocycles. The monoisotopic (exact) mass is 274 g/mol. The lowest BCUT2D eigenvalue weighted by Crippen LogP contribution is -2.01. The van der Waals surface area contributed by atoms with E-state index in [2.05, 4.69) is 10.3 Å². The van der Waals surface area contributed by atoms with Crippen molar-refractivity contribution in [3.05, 3.63) is 65.1 Å². The smallest absolute Gasteiger partial charge is 0.146 e. The molecule has 4 heteroatoms. The van der Waals surface area contributed by atoms with Crippen LogP contribution in [0.3, 0.4) is 0 Å². The summed E-state index contributed by atoms with van der Waals surface area (Å²) in [7, 11) is 0. The molecule has 0 bridgehead atoms. The van der Waals surface area contributed by atoms with Gasteiger partial charge in [0.1, 0.15) is 5.82 Å². The Hall–Kier alpha value is -2.00. The Morgan fingerprint density at radius 2 is 1.79 bits per heavy atom. The van der Waals surface area contributed by atoms with E-state index < -0.39 is 0 Å². The second-order valence-electron chi connectivity index (χ2n) is 4.30. The third-order valence-corrected chi connectivity index (χ3v) is 3.48. The largest absolute Gasteiger partial charge is 0.377 e. The standard InChI is InChI=1S/C15H12ClFN2/c16-15-10-5-1-3-7-12(10)19-14(15)9-18-13-8-4-2-6-11(13)17/h1-8,18-19H,9H2. The Bertz CT molecular complexity index is 721.